The van der Waals surface area contributed by atoms with E-state index in [9.17, 15) is 37.1 Å². The number of rotatable bonds is 9. The van der Waals surface area contributed by atoms with Crippen molar-refractivity contribution >= 4 is 91.4 Å². The minimum absolute atomic E-state index is 0.0934. The summed E-state index contributed by atoms with van der Waals surface area (Å²) in [5.41, 5.74) is 13.3. The molecule has 4 aromatic carbocycles. The second-order valence-corrected chi connectivity index (χ2v) is 18.5. The fourth-order valence-electron chi connectivity index (χ4n) is 7.55. The molecule has 9 rings (SSSR count). The number of hydrogen-bond donors (Lipinski definition) is 5. The number of nitrogen functional groups attached to an aromatic ring is 2. The highest BCUT2D eigenvalue weighted by molar-refractivity contribution is 9.10. The van der Waals surface area contributed by atoms with E-state index in [1.165, 1.54) is 73.3 Å². The number of hydrogen-bond acceptors (Lipinski definition) is 13. The van der Waals surface area contributed by atoms with Crippen LogP contribution in [0.2, 0.25) is 0 Å². The molecule has 23 heteroatoms. The van der Waals surface area contributed by atoms with E-state index in [1.54, 1.807) is 17.8 Å². The first-order chi connectivity index (χ1) is 34.4. The van der Waals surface area contributed by atoms with Gasteiger partial charge in [-0.05, 0) is 104 Å². The molecule has 1 fully saturated rings. The van der Waals surface area contributed by atoms with Gasteiger partial charge in [-0.15, -0.1) is 0 Å². The minimum Gasteiger partial charge on any atom is -0.447 e. The number of aliphatic hydroxyl groups excluding tert-OH is 1. The van der Waals surface area contributed by atoms with Gasteiger partial charge in [0, 0.05) is 71.4 Å². The second kappa shape index (κ2) is 21.6. The Morgan fingerprint density at radius 1 is 0.699 bits per heavy atom. The van der Waals surface area contributed by atoms with Gasteiger partial charge >= 0.3 is 13.1 Å². The fourth-order valence-corrected chi connectivity index (χ4v) is 8.24. The Bertz CT molecular complexity index is 3380. The summed E-state index contributed by atoms with van der Waals surface area (Å²) in [7, 11) is 2.79. The number of amides is 2. The maximum absolute atomic E-state index is 14.9. The predicted molar refractivity (Wildman–Crippen MR) is 271 cm³/mol. The van der Waals surface area contributed by atoms with E-state index >= 15 is 0 Å². The molecule has 0 bridgehead atoms. The number of fused-ring (bicyclic) bond motifs is 2. The molecule has 0 saturated carbocycles. The summed E-state index contributed by atoms with van der Waals surface area (Å²) >= 11 is 3.39. The van der Waals surface area contributed by atoms with Crippen molar-refractivity contribution in [3.63, 3.8) is 0 Å². The molecule has 73 heavy (non-hydrogen) atoms. The van der Waals surface area contributed by atoms with Gasteiger partial charge < -0.3 is 50.4 Å². The number of esters is 1. The highest BCUT2D eigenvalue weighted by atomic mass is 79.9. The van der Waals surface area contributed by atoms with Crippen LogP contribution in [0.3, 0.4) is 0 Å². The topological polar surface area (TPSA) is 237 Å². The number of aromatic nitrogens is 6. The molecule has 2 amide bonds. The lowest BCUT2D eigenvalue weighted by atomic mass is 9.78. The van der Waals surface area contributed by atoms with Crippen LogP contribution in [-0.2, 0) is 42.5 Å². The van der Waals surface area contributed by atoms with Gasteiger partial charge in [0.25, 0.3) is 11.8 Å². The lowest BCUT2D eigenvalue weighted by Gasteiger charge is -2.32. The van der Waals surface area contributed by atoms with Crippen LogP contribution < -0.4 is 27.6 Å². The van der Waals surface area contributed by atoms with Gasteiger partial charge in [-0.25, -0.2) is 37.5 Å². The maximum Gasteiger partial charge on any atom is 0.497 e. The molecular weight excluding hydrogens is 1020 g/mol. The number of carbonyl (C=O) groups excluding carboxylic acids is 3. The molecule has 4 aromatic heterocycles. The maximum atomic E-state index is 14.9. The molecule has 1 saturated heterocycles. The van der Waals surface area contributed by atoms with Crippen LogP contribution in [-0.4, -0.2) is 70.3 Å². The van der Waals surface area contributed by atoms with Gasteiger partial charge in [0.05, 0.1) is 22.0 Å². The predicted octanol–water partition coefficient (Wildman–Crippen LogP) is 7.99. The van der Waals surface area contributed by atoms with Crippen molar-refractivity contribution < 1.29 is 51.1 Å². The van der Waals surface area contributed by atoms with Crippen molar-refractivity contribution in [1.82, 2.24) is 29.1 Å². The zero-order valence-corrected chi connectivity index (χ0v) is 41.8. The molecule has 378 valence electrons. The summed E-state index contributed by atoms with van der Waals surface area (Å²) in [4.78, 5) is 52.5. The zero-order chi connectivity index (χ0) is 53.1. The fraction of sp³-hybridized carbons (Fsp3) is 0.220. The summed E-state index contributed by atoms with van der Waals surface area (Å²) in [5, 5.41) is 16.4. The zero-order valence-electron chi connectivity index (χ0n) is 40.2. The number of aliphatic hydroxyl groups is 1. The third kappa shape index (κ3) is 11.8. The molecule has 1 aliphatic rings. The lowest BCUT2D eigenvalue weighted by molar-refractivity contribution is -0.152. The summed E-state index contributed by atoms with van der Waals surface area (Å²) in [6.45, 7) is 8.59. The van der Waals surface area contributed by atoms with E-state index in [1.807, 2.05) is 45.5 Å². The molecule has 0 spiro atoms. The molecule has 5 heterocycles. The summed E-state index contributed by atoms with van der Waals surface area (Å²) in [6, 6.07) is 18.4. The molecule has 0 aliphatic carbocycles. The first-order valence-electron chi connectivity index (χ1n) is 22.1. The molecule has 0 radical (unpaired) electrons. The van der Waals surface area contributed by atoms with Crippen molar-refractivity contribution in [2.75, 3.05) is 22.1 Å². The number of nitrogens with zero attached hydrogens (tertiary/aromatic N) is 6. The number of halogens is 5. The Labute approximate surface area is 424 Å². The van der Waals surface area contributed by atoms with E-state index in [0.717, 1.165) is 46.7 Å². The van der Waals surface area contributed by atoms with Crippen LogP contribution in [0.15, 0.2) is 114 Å². The molecule has 2 unspecified atom stereocenters. The van der Waals surface area contributed by atoms with E-state index in [0.29, 0.717) is 22.4 Å². The third-order valence-electron chi connectivity index (χ3n) is 11.9. The first-order valence-corrected chi connectivity index (χ1v) is 22.9. The van der Waals surface area contributed by atoms with Crippen LogP contribution in [0, 0.1) is 23.3 Å². The molecule has 8 aromatic rings. The van der Waals surface area contributed by atoms with Crippen molar-refractivity contribution in [3.05, 3.63) is 149 Å². The Morgan fingerprint density at radius 3 is 1.78 bits per heavy atom. The molecular formula is C50H48BBrF4N10O7. The summed E-state index contributed by atoms with van der Waals surface area (Å²) < 4.78 is 77.9. The average molecular weight is 1070 g/mol. The van der Waals surface area contributed by atoms with Gasteiger partial charge in [0.15, 0.2) is 6.10 Å². The van der Waals surface area contributed by atoms with E-state index in [2.05, 4.69) is 46.5 Å². The Morgan fingerprint density at radius 2 is 1.22 bits per heavy atom. The third-order valence-corrected chi connectivity index (χ3v) is 12.5. The lowest BCUT2D eigenvalue weighted by Crippen LogP contribution is -2.41. The van der Waals surface area contributed by atoms with E-state index in [-0.39, 0.29) is 39.3 Å². The van der Waals surface area contributed by atoms with Crippen molar-refractivity contribution in [2.45, 2.75) is 58.0 Å². The SMILES string of the molecule is CC(=O)OC(C(=O)Nc1ccc(B2OC(C)(C)C(C)(C)O2)c(F)c1)c1cccc(F)c1.Cn1cc(-c2ccc(NC(=O)C(O)c3cccc(F)c3)cc2F)c2c(N)ncnc21.Cn1cc(Br)c2c(N)ncnc21. The Kier molecular flexibility index (Phi) is 15.7. The largest absolute Gasteiger partial charge is 0.497 e. The highest BCUT2D eigenvalue weighted by Crippen LogP contribution is 2.38. The first kappa shape index (κ1) is 53.1. The van der Waals surface area contributed by atoms with Crippen LogP contribution in [0.1, 0.15) is 58.0 Å². The number of anilines is 4. The van der Waals surface area contributed by atoms with Crippen LogP contribution in [0.5, 0.6) is 0 Å². The van der Waals surface area contributed by atoms with Gasteiger partial charge in [-0.1, -0.05) is 30.3 Å². The van der Waals surface area contributed by atoms with Crippen molar-refractivity contribution in [2.24, 2.45) is 14.1 Å². The number of carbonyl (C=O) groups is 3. The van der Waals surface area contributed by atoms with Gasteiger partial charge in [-0.2, -0.15) is 0 Å². The Hall–Kier alpha value is -7.73. The number of ether oxygens (including phenoxy) is 1. The number of nitrogens with two attached hydrogens (primary N) is 2. The number of aryl methyl sites for hydroxylation is 2. The minimum atomic E-state index is -1.60. The molecule has 1 aliphatic heterocycles. The van der Waals surface area contributed by atoms with Crippen LogP contribution in [0.25, 0.3) is 33.2 Å². The van der Waals surface area contributed by atoms with Crippen LogP contribution in [0.4, 0.5) is 40.6 Å². The van der Waals surface area contributed by atoms with Crippen molar-refractivity contribution in [1.29, 1.82) is 0 Å². The average Bonchev–Trinajstić information content (AvgIpc) is 3.90. The van der Waals surface area contributed by atoms with Gasteiger partial charge in [0.1, 0.15) is 58.9 Å². The van der Waals surface area contributed by atoms with Crippen LogP contribution >= 0.6 is 15.9 Å². The number of nitrogens with one attached hydrogen (secondary N) is 2. The highest BCUT2D eigenvalue weighted by Gasteiger charge is 2.52. The standard InChI is InChI=1S/C22H24BF2NO5.C21H17F2N5O2.C7H7BrN4/c1-13(27)29-19(14-7-6-8-15(24)11-14)20(28)26-16-9-10-17(18(25)12-16)23-30-21(2,3)22(4,5)31-23;1-28-9-15(17-19(24)25-10-26-20(17)28)14-6-5-13(8-16(14)23)27-21(30)18(29)11-3-2-4-12(22)7-11;1-12-2-4(8)5-6(9)10-3-11-7(5)12/h6-12,19H,1-5H3,(H,26,28);2-10,18,29H,1H3,(H,27,30)(H2,24,25,26);2-3H,1H3,(H2,9,10,11). The van der Waals surface area contributed by atoms with Gasteiger partial charge in [0.2, 0.25) is 6.10 Å². The smallest absolute Gasteiger partial charge is 0.447 e. The second-order valence-electron chi connectivity index (χ2n) is 17.7. The Balaban J connectivity index is 0.000000174. The molecule has 17 nitrogen and oxygen atoms in total. The normalized spacial score (nSPS) is 14.3. The molecule has 2 atom stereocenters. The summed E-state index contributed by atoms with van der Waals surface area (Å²) in [5.74, 6) is -3.94. The van der Waals surface area contributed by atoms with Crippen molar-refractivity contribution in [3.8, 4) is 11.1 Å². The van der Waals surface area contributed by atoms with Gasteiger partial charge in [-0.3, -0.25) is 14.4 Å². The molecule has 7 N–H and O–H groups in total. The monoisotopic (exact) mass is 1070 g/mol. The number of benzene rings is 4. The van der Waals surface area contributed by atoms with E-state index in [4.69, 9.17) is 25.5 Å². The quantitative estimate of drug-likeness (QED) is 0.0524. The van der Waals surface area contributed by atoms with E-state index < -0.39 is 71.6 Å². The summed E-state index contributed by atoms with van der Waals surface area (Å²) in [6.07, 6.45) is 3.41.